The highest BCUT2D eigenvalue weighted by Crippen LogP contribution is 2.27. The minimum atomic E-state index is 0.176. The van der Waals surface area contributed by atoms with Crippen LogP contribution in [0.15, 0.2) is 53.9 Å². The van der Waals surface area contributed by atoms with Gasteiger partial charge in [-0.25, -0.2) is 4.98 Å². The average Bonchev–Trinajstić information content (AvgIpc) is 3.03. The van der Waals surface area contributed by atoms with Crippen LogP contribution >= 0.6 is 11.3 Å². The minimum Gasteiger partial charge on any atom is -0.508 e. The number of aryl methyl sites for hydroxylation is 1. The van der Waals surface area contributed by atoms with Crippen molar-refractivity contribution in [1.29, 1.82) is 5.26 Å². The molecule has 0 unspecified atom stereocenters. The number of nitrogens with zero attached hydrogens (tertiary/aromatic N) is 2. The predicted molar refractivity (Wildman–Crippen MR) is 93.9 cm³/mol. The Kier molecular flexibility index (Phi) is 4.22. The Morgan fingerprint density at radius 2 is 2.00 bits per heavy atom. The standard InChI is InChI=1S/C19H14N2OS/c1-13-5-7-15(8-6-13)18-12-23-19(21-18)16(11-20)9-14-3-2-4-17(22)10-14/h2-10,12,22H,1H3. The molecule has 3 nitrogen and oxygen atoms in total. The molecule has 3 aromatic rings. The first-order chi connectivity index (χ1) is 11.2. The Hall–Kier alpha value is -2.90. The normalized spacial score (nSPS) is 11.2. The Morgan fingerprint density at radius 3 is 2.70 bits per heavy atom. The van der Waals surface area contributed by atoms with Gasteiger partial charge in [-0.3, -0.25) is 0 Å². The second kappa shape index (κ2) is 6.47. The molecule has 3 rings (SSSR count). The maximum Gasteiger partial charge on any atom is 0.134 e. The van der Waals surface area contributed by atoms with Crippen LogP contribution in [0.3, 0.4) is 0 Å². The summed E-state index contributed by atoms with van der Waals surface area (Å²) in [5, 5.41) is 21.6. The largest absolute Gasteiger partial charge is 0.508 e. The molecule has 0 radical (unpaired) electrons. The highest BCUT2D eigenvalue weighted by molar-refractivity contribution is 7.11. The molecule has 1 aromatic heterocycles. The lowest BCUT2D eigenvalue weighted by Gasteiger charge is -1.98. The third-order valence-corrected chi connectivity index (χ3v) is 4.26. The number of benzene rings is 2. The average molecular weight is 318 g/mol. The third-order valence-electron chi connectivity index (χ3n) is 3.38. The van der Waals surface area contributed by atoms with Gasteiger partial charge in [0, 0.05) is 10.9 Å². The molecular formula is C19H14N2OS. The van der Waals surface area contributed by atoms with Gasteiger partial charge in [0.05, 0.1) is 11.3 Å². The summed E-state index contributed by atoms with van der Waals surface area (Å²) in [6, 6.07) is 17.1. The van der Waals surface area contributed by atoms with E-state index in [1.165, 1.54) is 16.9 Å². The van der Waals surface area contributed by atoms with E-state index in [0.29, 0.717) is 10.6 Å². The van der Waals surface area contributed by atoms with Crippen molar-refractivity contribution in [3.05, 3.63) is 70.0 Å². The number of nitriles is 1. The smallest absolute Gasteiger partial charge is 0.134 e. The first-order valence-electron chi connectivity index (χ1n) is 7.09. The molecule has 1 heterocycles. The third kappa shape index (κ3) is 3.47. The highest BCUT2D eigenvalue weighted by Gasteiger charge is 2.09. The summed E-state index contributed by atoms with van der Waals surface area (Å²) in [5.41, 5.74) is 4.35. The molecule has 0 saturated heterocycles. The van der Waals surface area contributed by atoms with Gasteiger partial charge in [-0.15, -0.1) is 11.3 Å². The Balaban J connectivity index is 1.94. The lowest BCUT2D eigenvalue weighted by Crippen LogP contribution is -1.83. The lowest BCUT2D eigenvalue weighted by molar-refractivity contribution is 0.475. The number of aromatic hydroxyl groups is 1. The van der Waals surface area contributed by atoms with Gasteiger partial charge in [0.25, 0.3) is 0 Å². The maximum atomic E-state index is 9.52. The lowest BCUT2D eigenvalue weighted by atomic mass is 10.1. The minimum absolute atomic E-state index is 0.176. The molecule has 4 heteroatoms. The molecule has 0 spiro atoms. The van der Waals surface area contributed by atoms with Crippen LogP contribution in [0.5, 0.6) is 5.75 Å². The molecular weight excluding hydrogens is 304 g/mol. The van der Waals surface area contributed by atoms with Gasteiger partial charge in [-0.2, -0.15) is 5.26 Å². The van der Waals surface area contributed by atoms with Gasteiger partial charge in [0.2, 0.25) is 0 Å². The second-order valence-electron chi connectivity index (χ2n) is 5.17. The van der Waals surface area contributed by atoms with Gasteiger partial charge in [0.15, 0.2) is 0 Å². The van der Waals surface area contributed by atoms with Crippen LogP contribution in [0.1, 0.15) is 16.1 Å². The maximum absolute atomic E-state index is 9.52. The van der Waals surface area contributed by atoms with Gasteiger partial charge in [0.1, 0.15) is 16.8 Å². The molecule has 0 saturated carbocycles. The van der Waals surface area contributed by atoms with Crippen LogP contribution in [0.25, 0.3) is 22.9 Å². The fraction of sp³-hybridized carbons (Fsp3) is 0.0526. The van der Waals surface area contributed by atoms with E-state index < -0.39 is 0 Å². The zero-order chi connectivity index (χ0) is 16.2. The molecule has 0 bridgehead atoms. The molecule has 0 aliphatic rings. The SMILES string of the molecule is Cc1ccc(-c2csc(C(C#N)=Cc3cccc(O)c3)n2)cc1. The van der Waals surface area contributed by atoms with Crippen LogP contribution < -0.4 is 0 Å². The van der Waals surface area contributed by atoms with Gasteiger partial charge < -0.3 is 5.11 Å². The van der Waals surface area contributed by atoms with E-state index in [0.717, 1.165) is 16.8 Å². The number of rotatable bonds is 3. The van der Waals surface area contributed by atoms with Crippen molar-refractivity contribution in [2.24, 2.45) is 0 Å². The van der Waals surface area contributed by atoms with Crippen LogP contribution in [0.2, 0.25) is 0 Å². The number of hydrogen-bond donors (Lipinski definition) is 1. The molecule has 0 atom stereocenters. The summed E-state index contributed by atoms with van der Waals surface area (Å²) in [7, 11) is 0. The number of thiazole rings is 1. The van der Waals surface area contributed by atoms with Crippen molar-refractivity contribution >= 4 is 23.0 Å². The van der Waals surface area contributed by atoms with Crippen molar-refractivity contribution in [3.63, 3.8) is 0 Å². The Morgan fingerprint density at radius 1 is 1.22 bits per heavy atom. The summed E-state index contributed by atoms with van der Waals surface area (Å²) >= 11 is 1.44. The van der Waals surface area contributed by atoms with E-state index in [9.17, 15) is 10.4 Å². The summed E-state index contributed by atoms with van der Waals surface area (Å²) in [6.45, 7) is 2.04. The van der Waals surface area contributed by atoms with E-state index in [1.807, 2.05) is 42.6 Å². The predicted octanol–water partition coefficient (Wildman–Crippen LogP) is 4.89. The monoisotopic (exact) mass is 318 g/mol. The molecule has 23 heavy (non-hydrogen) atoms. The van der Waals surface area contributed by atoms with Crippen LogP contribution in [0, 0.1) is 18.3 Å². The topological polar surface area (TPSA) is 56.9 Å². The highest BCUT2D eigenvalue weighted by atomic mass is 32.1. The number of aromatic nitrogens is 1. The molecule has 112 valence electrons. The van der Waals surface area contributed by atoms with Crippen molar-refractivity contribution in [3.8, 4) is 23.1 Å². The summed E-state index contributed by atoms with van der Waals surface area (Å²) in [6.07, 6.45) is 1.73. The van der Waals surface area contributed by atoms with Crippen molar-refractivity contribution in [2.75, 3.05) is 0 Å². The molecule has 1 N–H and O–H groups in total. The van der Waals surface area contributed by atoms with E-state index in [2.05, 4.69) is 11.1 Å². The zero-order valence-corrected chi connectivity index (χ0v) is 13.3. The first kappa shape index (κ1) is 15.0. The van der Waals surface area contributed by atoms with Crippen molar-refractivity contribution < 1.29 is 5.11 Å². The number of phenols is 1. The zero-order valence-electron chi connectivity index (χ0n) is 12.5. The molecule has 0 aliphatic heterocycles. The number of phenolic OH excluding ortho intramolecular Hbond substituents is 1. The first-order valence-corrected chi connectivity index (χ1v) is 7.97. The van der Waals surface area contributed by atoms with Crippen molar-refractivity contribution in [2.45, 2.75) is 6.92 Å². The van der Waals surface area contributed by atoms with Crippen molar-refractivity contribution in [1.82, 2.24) is 4.98 Å². The molecule has 0 amide bonds. The summed E-state index contributed by atoms with van der Waals surface area (Å²) < 4.78 is 0. The van der Waals surface area contributed by atoms with Crippen LogP contribution in [-0.4, -0.2) is 10.1 Å². The van der Waals surface area contributed by atoms with Gasteiger partial charge >= 0.3 is 0 Å². The van der Waals surface area contributed by atoms with Crippen LogP contribution in [0.4, 0.5) is 0 Å². The van der Waals surface area contributed by atoms with E-state index in [1.54, 1.807) is 24.3 Å². The second-order valence-corrected chi connectivity index (χ2v) is 6.03. The quantitative estimate of drug-likeness (QED) is 0.700. The summed E-state index contributed by atoms with van der Waals surface area (Å²) in [5.74, 6) is 0.176. The Bertz CT molecular complexity index is 902. The molecule has 0 aliphatic carbocycles. The van der Waals surface area contributed by atoms with E-state index >= 15 is 0 Å². The molecule has 0 fully saturated rings. The van der Waals surface area contributed by atoms with Gasteiger partial charge in [-0.05, 0) is 30.7 Å². The molecule has 2 aromatic carbocycles. The summed E-state index contributed by atoms with van der Waals surface area (Å²) in [4.78, 5) is 4.57. The fourth-order valence-corrected chi connectivity index (χ4v) is 2.97. The fourth-order valence-electron chi connectivity index (χ4n) is 2.18. The van der Waals surface area contributed by atoms with E-state index in [-0.39, 0.29) is 5.75 Å². The van der Waals surface area contributed by atoms with E-state index in [4.69, 9.17) is 0 Å². The number of allylic oxidation sites excluding steroid dienone is 1. The van der Waals surface area contributed by atoms with Crippen LogP contribution in [-0.2, 0) is 0 Å². The Labute approximate surface area is 138 Å². The number of hydrogen-bond acceptors (Lipinski definition) is 4. The van der Waals surface area contributed by atoms with Gasteiger partial charge in [-0.1, -0.05) is 42.0 Å².